The maximum absolute atomic E-state index is 11.1. The summed E-state index contributed by atoms with van der Waals surface area (Å²) in [5, 5.41) is 17.1. The number of aromatic hydroxyl groups is 1. The highest BCUT2D eigenvalue weighted by molar-refractivity contribution is 6.36. The molecule has 29 heavy (non-hydrogen) atoms. The van der Waals surface area contributed by atoms with Crippen molar-refractivity contribution in [1.29, 1.82) is 0 Å². The number of aromatic nitrogens is 4. The highest BCUT2D eigenvalue weighted by Crippen LogP contribution is 2.42. The van der Waals surface area contributed by atoms with E-state index in [0.717, 1.165) is 34.6 Å². The van der Waals surface area contributed by atoms with Crippen LogP contribution < -0.4 is 5.73 Å². The van der Waals surface area contributed by atoms with Crippen LogP contribution in [0.15, 0.2) is 36.7 Å². The number of rotatable bonds is 5. The third-order valence-electron chi connectivity index (χ3n) is 5.15. The van der Waals surface area contributed by atoms with Crippen molar-refractivity contribution in [2.45, 2.75) is 33.5 Å². The van der Waals surface area contributed by atoms with Crippen LogP contribution in [0, 0.1) is 6.92 Å². The minimum atomic E-state index is 0.118. The fourth-order valence-corrected chi connectivity index (χ4v) is 4.25. The van der Waals surface area contributed by atoms with Gasteiger partial charge in [0.05, 0.1) is 23.1 Å². The minimum absolute atomic E-state index is 0.118. The number of hydrogen-bond acceptors (Lipinski definition) is 4. The molecule has 3 N–H and O–H groups in total. The molecule has 0 saturated heterocycles. The molecule has 4 rings (SSSR count). The summed E-state index contributed by atoms with van der Waals surface area (Å²) in [4.78, 5) is 4.68. The monoisotopic (exact) mass is 429 g/mol. The van der Waals surface area contributed by atoms with Crippen molar-refractivity contribution in [1.82, 2.24) is 19.3 Å². The Balaban J connectivity index is 1.97. The van der Waals surface area contributed by atoms with Crippen molar-refractivity contribution in [2.75, 3.05) is 0 Å². The van der Waals surface area contributed by atoms with Gasteiger partial charge in [-0.2, -0.15) is 5.10 Å². The number of pyridine rings is 1. The molecule has 0 spiro atoms. The lowest BCUT2D eigenvalue weighted by atomic mass is 9.95. The van der Waals surface area contributed by atoms with Crippen LogP contribution in [0.4, 0.5) is 0 Å². The molecule has 0 atom stereocenters. The van der Waals surface area contributed by atoms with Crippen LogP contribution in [0.5, 0.6) is 5.88 Å². The van der Waals surface area contributed by atoms with Gasteiger partial charge in [0.25, 0.3) is 0 Å². The molecule has 0 bridgehead atoms. The van der Waals surface area contributed by atoms with Crippen molar-refractivity contribution >= 4 is 34.1 Å². The van der Waals surface area contributed by atoms with Crippen LogP contribution in [0.2, 0.25) is 10.0 Å². The summed E-state index contributed by atoms with van der Waals surface area (Å²) in [6.45, 7) is 5.44. The number of nitrogens with two attached hydrogens (primary N) is 1. The number of aryl methyl sites for hydroxylation is 2. The van der Waals surface area contributed by atoms with E-state index in [-0.39, 0.29) is 12.4 Å². The first kappa shape index (κ1) is 19.8. The lowest BCUT2D eigenvalue weighted by molar-refractivity contribution is 0.426. The zero-order chi connectivity index (χ0) is 20.7. The molecule has 1 aromatic carbocycles. The average Bonchev–Trinajstić information content (AvgIpc) is 3.25. The molecular formula is C21H21Cl2N5O. The highest BCUT2D eigenvalue weighted by Gasteiger charge is 2.22. The van der Waals surface area contributed by atoms with Crippen LogP contribution >= 0.6 is 23.2 Å². The Morgan fingerprint density at radius 3 is 2.69 bits per heavy atom. The number of fused-ring (bicyclic) bond motifs is 1. The van der Waals surface area contributed by atoms with Gasteiger partial charge in [-0.05, 0) is 37.6 Å². The first-order valence-electron chi connectivity index (χ1n) is 9.32. The molecule has 3 aromatic heterocycles. The lowest BCUT2D eigenvalue weighted by Crippen LogP contribution is -2.06. The molecule has 6 nitrogen and oxygen atoms in total. The smallest absolute Gasteiger partial charge is 0.201 e. The summed E-state index contributed by atoms with van der Waals surface area (Å²) in [5.74, 6) is 0.118. The van der Waals surface area contributed by atoms with Crippen LogP contribution in [0.1, 0.15) is 23.9 Å². The standard InChI is InChI=1S/C21H21Cl2N5O/c1-3-28-14(6-7-25-28)10-27-11-18-20(21(27)29)19(16(9-24)12(2)26-18)15-5-4-13(22)8-17(15)23/h4-8,11,29H,3,9-10,24H2,1-2H3. The van der Waals surface area contributed by atoms with E-state index in [0.29, 0.717) is 27.5 Å². The molecule has 8 heteroatoms. The molecule has 0 saturated carbocycles. The Kier molecular flexibility index (Phi) is 5.25. The molecule has 0 fully saturated rings. The van der Waals surface area contributed by atoms with Crippen molar-refractivity contribution in [3.05, 3.63) is 63.7 Å². The molecule has 0 aliphatic carbocycles. The second-order valence-corrected chi connectivity index (χ2v) is 7.70. The second kappa shape index (κ2) is 7.71. The summed E-state index contributed by atoms with van der Waals surface area (Å²) < 4.78 is 3.67. The summed E-state index contributed by atoms with van der Waals surface area (Å²) in [6, 6.07) is 7.25. The number of nitrogens with zero attached hydrogens (tertiary/aromatic N) is 4. The maximum Gasteiger partial charge on any atom is 0.201 e. The Morgan fingerprint density at radius 1 is 1.21 bits per heavy atom. The normalized spacial score (nSPS) is 11.5. The van der Waals surface area contributed by atoms with Crippen LogP contribution in [-0.4, -0.2) is 24.4 Å². The van der Waals surface area contributed by atoms with E-state index in [1.54, 1.807) is 22.9 Å². The van der Waals surface area contributed by atoms with E-state index in [2.05, 4.69) is 10.1 Å². The van der Waals surface area contributed by atoms with Gasteiger partial charge in [0.15, 0.2) is 0 Å². The van der Waals surface area contributed by atoms with E-state index >= 15 is 0 Å². The molecule has 4 aromatic rings. The van der Waals surface area contributed by atoms with E-state index in [4.69, 9.17) is 28.9 Å². The van der Waals surface area contributed by atoms with Crippen molar-refractivity contribution < 1.29 is 5.11 Å². The van der Waals surface area contributed by atoms with Gasteiger partial charge in [-0.3, -0.25) is 9.67 Å². The second-order valence-electron chi connectivity index (χ2n) is 6.86. The third kappa shape index (κ3) is 3.37. The molecule has 150 valence electrons. The number of benzene rings is 1. The summed E-state index contributed by atoms with van der Waals surface area (Å²) >= 11 is 12.6. The molecular weight excluding hydrogens is 409 g/mol. The number of halogens is 2. The minimum Gasteiger partial charge on any atom is -0.494 e. The molecule has 0 aliphatic rings. The van der Waals surface area contributed by atoms with E-state index < -0.39 is 0 Å². The Labute approximate surface area is 178 Å². The summed E-state index contributed by atoms with van der Waals surface area (Å²) in [7, 11) is 0. The van der Waals surface area contributed by atoms with Crippen molar-refractivity contribution in [2.24, 2.45) is 5.73 Å². The summed E-state index contributed by atoms with van der Waals surface area (Å²) in [6.07, 6.45) is 3.60. The first-order chi connectivity index (χ1) is 13.9. The number of hydrogen-bond donors (Lipinski definition) is 2. The Hall–Kier alpha value is -2.54. The fraction of sp³-hybridized carbons (Fsp3) is 0.238. The van der Waals surface area contributed by atoms with E-state index in [1.807, 2.05) is 36.9 Å². The zero-order valence-electron chi connectivity index (χ0n) is 16.2. The zero-order valence-corrected chi connectivity index (χ0v) is 17.7. The van der Waals surface area contributed by atoms with Crippen LogP contribution in [-0.2, 0) is 19.6 Å². The van der Waals surface area contributed by atoms with Crippen LogP contribution in [0.3, 0.4) is 0 Å². The van der Waals surface area contributed by atoms with Gasteiger partial charge < -0.3 is 15.4 Å². The van der Waals surface area contributed by atoms with Gasteiger partial charge in [-0.15, -0.1) is 0 Å². The third-order valence-corrected chi connectivity index (χ3v) is 5.70. The van der Waals surface area contributed by atoms with Crippen LogP contribution in [0.25, 0.3) is 22.0 Å². The first-order valence-corrected chi connectivity index (χ1v) is 10.1. The van der Waals surface area contributed by atoms with Gasteiger partial charge in [-0.1, -0.05) is 29.3 Å². The molecule has 3 heterocycles. The largest absolute Gasteiger partial charge is 0.494 e. The maximum atomic E-state index is 11.1. The lowest BCUT2D eigenvalue weighted by Gasteiger charge is -2.14. The van der Waals surface area contributed by atoms with Gasteiger partial charge in [0, 0.05) is 52.3 Å². The quantitative estimate of drug-likeness (QED) is 0.479. The van der Waals surface area contributed by atoms with Gasteiger partial charge >= 0.3 is 0 Å². The van der Waals surface area contributed by atoms with Gasteiger partial charge in [0.1, 0.15) is 0 Å². The van der Waals surface area contributed by atoms with E-state index in [9.17, 15) is 5.11 Å². The molecule has 0 unspecified atom stereocenters. The predicted molar refractivity (Wildman–Crippen MR) is 116 cm³/mol. The van der Waals surface area contributed by atoms with Crippen molar-refractivity contribution in [3.63, 3.8) is 0 Å². The summed E-state index contributed by atoms with van der Waals surface area (Å²) in [5.41, 5.74) is 10.9. The topological polar surface area (TPSA) is 81.9 Å². The molecule has 0 amide bonds. The Morgan fingerprint density at radius 2 is 2.00 bits per heavy atom. The highest BCUT2D eigenvalue weighted by atomic mass is 35.5. The average molecular weight is 430 g/mol. The SMILES string of the molecule is CCn1nccc1Cn1cc2nc(C)c(CN)c(-c3ccc(Cl)cc3Cl)c2c1O. The Bertz CT molecular complexity index is 1210. The van der Waals surface area contributed by atoms with Crippen molar-refractivity contribution in [3.8, 4) is 17.0 Å². The molecule has 0 radical (unpaired) electrons. The predicted octanol–water partition coefficient (Wildman–Crippen LogP) is 4.75. The van der Waals surface area contributed by atoms with E-state index in [1.165, 1.54) is 0 Å². The van der Waals surface area contributed by atoms with Gasteiger partial charge in [-0.25, -0.2) is 0 Å². The molecule has 0 aliphatic heterocycles. The van der Waals surface area contributed by atoms with Gasteiger partial charge in [0.2, 0.25) is 5.88 Å². The fourth-order valence-electron chi connectivity index (χ4n) is 3.75.